The number of ether oxygens (including phenoxy) is 3. The van der Waals surface area contributed by atoms with Crippen molar-refractivity contribution < 1.29 is 38.4 Å². The molecule has 9 rings (SSSR count). The second-order valence-corrected chi connectivity index (χ2v) is 16.4. The Morgan fingerprint density at radius 3 is 1.77 bits per heavy atom. The molecule has 0 amide bonds. The summed E-state index contributed by atoms with van der Waals surface area (Å²) in [5.74, 6) is 1.07. The Morgan fingerprint density at radius 1 is 0.672 bits per heavy atom. The van der Waals surface area contributed by atoms with Crippen molar-refractivity contribution in [1.82, 2.24) is 30.4 Å². The standard InChI is InChI=1S/C25H28N4O4.C23H25FN4O3/c30-24(31)14-19(18-4-3-16-7-10-32-22(16)13-18)12-21-15-23(29-28-21)33-11-8-20-6-5-17-2-1-9-26-25(17)27-20;24-18-5-1-3-16(11-18)17(13-22(29)30)12-20-14-21(28-27-20)31-10-8-19-7-6-15-4-2-9-25-23(15)26-19/h3-6,13,15,19H,1-2,7-12,14H2,(H,26,27)(H,28,29)(H,30,31);1,3,5-7,11,14,17H,2,4,8-10,12-13H2,(H,25,26)(H,27,28)(H,29,30). The van der Waals surface area contributed by atoms with E-state index in [4.69, 9.17) is 14.2 Å². The summed E-state index contributed by atoms with van der Waals surface area (Å²) >= 11 is 0. The minimum atomic E-state index is -0.933. The lowest BCUT2D eigenvalue weighted by Crippen LogP contribution is -2.14. The topological polar surface area (TPSA) is 209 Å². The molecule has 6 N–H and O–H groups in total. The molecule has 4 aromatic heterocycles. The van der Waals surface area contributed by atoms with Crippen molar-refractivity contribution >= 4 is 23.6 Å². The third-order valence-electron chi connectivity index (χ3n) is 11.6. The minimum absolute atomic E-state index is 0.0338. The van der Waals surface area contributed by atoms with Crippen LogP contribution in [0, 0.1) is 5.82 Å². The first-order valence-electron chi connectivity index (χ1n) is 21.9. The summed E-state index contributed by atoms with van der Waals surface area (Å²) in [6.07, 6.45) is 7.50. The summed E-state index contributed by atoms with van der Waals surface area (Å²) in [7, 11) is 0. The van der Waals surface area contributed by atoms with Gasteiger partial charge in [0.15, 0.2) is 0 Å². The lowest BCUT2D eigenvalue weighted by molar-refractivity contribution is -0.138. The van der Waals surface area contributed by atoms with Crippen LogP contribution in [0.15, 0.2) is 78.9 Å². The van der Waals surface area contributed by atoms with E-state index in [0.29, 0.717) is 62.8 Å². The molecule has 3 aliphatic rings. The number of benzene rings is 2. The number of nitrogens with zero attached hydrogens (tertiary/aromatic N) is 4. The number of carboxylic acid groups (broad SMARTS) is 2. The Labute approximate surface area is 370 Å². The Balaban J connectivity index is 0.000000175. The molecule has 7 heterocycles. The number of hydrogen-bond donors (Lipinski definition) is 6. The number of rotatable bonds is 18. The van der Waals surface area contributed by atoms with E-state index in [1.165, 1.54) is 28.8 Å². The molecule has 15 nitrogen and oxygen atoms in total. The van der Waals surface area contributed by atoms with Gasteiger partial charge in [-0.25, -0.2) is 14.4 Å². The van der Waals surface area contributed by atoms with Crippen LogP contribution >= 0.6 is 0 Å². The maximum absolute atomic E-state index is 13.6. The van der Waals surface area contributed by atoms with Crippen molar-refractivity contribution in [2.24, 2.45) is 0 Å². The molecule has 0 saturated heterocycles. The van der Waals surface area contributed by atoms with Gasteiger partial charge in [0.1, 0.15) is 23.2 Å². The minimum Gasteiger partial charge on any atom is -0.493 e. The first-order valence-corrected chi connectivity index (χ1v) is 21.9. The van der Waals surface area contributed by atoms with Gasteiger partial charge in [-0.05, 0) is 109 Å². The Morgan fingerprint density at radius 2 is 1.22 bits per heavy atom. The van der Waals surface area contributed by atoms with Gasteiger partial charge in [-0.3, -0.25) is 19.8 Å². The van der Waals surface area contributed by atoms with Crippen LogP contribution in [0.5, 0.6) is 17.5 Å². The van der Waals surface area contributed by atoms with Crippen molar-refractivity contribution in [3.8, 4) is 17.5 Å². The molecule has 0 bridgehead atoms. The number of halogens is 1. The first kappa shape index (κ1) is 43.7. The molecule has 16 heteroatoms. The van der Waals surface area contributed by atoms with Crippen LogP contribution in [0.2, 0.25) is 0 Å². The van der Waals surface area contributed by atoms with Gasteiger partial charge in [-0.1, -0.05) is 36.4 Å². The smallest absolute Gasteiger partial charge is 0.303 e. The lowest BCUT2D eigenvalue weighted by Gasteiger charge is -2.17. The van der Waals surface area contributed by atoms with Gasteiger partial charge in [-0.2, -0.15) is 0 Å². The van der Waals surface area contributed by atoms with Crippen molar-refractivity contribution in [1.29, 1.82) is 0 Å². The van der Waals surface area contributed by atoms with Crippen LogP contribution in [0.3, 0.4) is 0 Å². The first-order chi connectivity index (χ1) is 31.2. The van der Waals surface area contributed by atoms with Crippen LogP contribution in [0.4, 0.5) is 16.0 Å². The molecule has 2 unspecified atom stereocenters. The molecule has 64 heavy (non-hydrogen) atoms. The number of pyridine rings is 2. The third-order valence-corrected chi connectivity index (χ3v) is 11.6. The van der Waals surface area contributed by atoms with Gasteiger partial charge in [0.2, 0.25) is 11.8 Å². The van der Waals surface area contributed by atoms with Crippen molar-refractivity contribution in [3.63, 3.8) is 0 Å². The van der Waals surface area contributed by atoms with E-state index >= 15 is 0 Å². The van der Waals surface area contributed by atoms with E-state index in [2.05, 4.69) is 59.2 Å². The van der Waals surface area contributed by atoms with E-state index in [0.717, 1.165) is 90.9 Å². The molecular formula is C48H53FN8O7. The number of nitrogens with one attached hydrogen (secondary N) is 4. The zero-order valence-electron chi connectivity index (χ0n) is 35.6. The van der Waals surface area contributed by atoms with Gasteiger partial charge < -0.3 is 35.1 Å². The quantitative estimate of drug-likeness (QED) is 0.0504. The summed E-state index contributed by atoms with van der Waals surface area (Å²) in [5, 5.41) is 39.7. The highest BCUT2D eigenvalue weighted by Gasteiger charge is 2.22. The molecule has 6 aromatic rings. The normalized spacial score (nSPS) is 14.5. The molecule has 0 radical (unpaired) electrons. The molecule has 2 aromatic carbocycles. The summed E-state index contributed by atoms with van der Waals surface area (Å²) in [4.78, 5) is 32.1. The highest BCUT2D eigenvalue weighted by atomic mass is 19.1. The second-order valence-electron chi connectivity index (χ2n) is 16.4. The molecule has 0 saturated carbocycles. The van der Waals surface area contributed by atoms with E-state index < -0.39 is 11.9 Å². The van der Waals surface area contributed by atoms with E-state index in [-0.39, 0.29) is 30.5 Å². The largest absolute Gasteiger partial charge is 0.493 e. The fourth-order valence-electron chi connectivity index (χ4n) is 8.34. The van der Waals surface area contributed by atoms with E-state index in [1.807, 2.05) is 30.3 Å². The molecular weight excluding hydrogens is 820 g/mol. The third kappa shape index (κ3) is 11.9. The van der Waals surface area contributed by atoms with Crippen LogP contribution in [-0.4, -0.2) is 85.4 Å². The second kappa shape index (κ2) is 20.9. The molecule has 0 aliphatic carbocycles. The Bertz CT molecular complexity index is 2540. The van der Waals surface area contributed by atoms with Crippen LogP contribution in [0.25, 0.3) is 0 Å². The van der Waals surface area contributed by atoms with Crippen molar-refractivity contribution in [2.75, 3.05) is 43.5 Å². The number of carbonyl (C=O) groups is 2. The fraction of sp³-hybridized carbons (Fsp3) is 0.375. The number of anilines is 2. The molecule has 0 spiro atoms. The number of hydrogen-bond acceptors (Lipinski definition) is 11. The molecule has 0 fully saturated rings. The number of aromatic amines is 2. The fourth-order valence-corrected chi connectivity index (χ4v) is 8.34. The number of carboxylic acids is 2. The Hall–Kier alpha value is -6.97. The van der Waals surface area contributed by atoms with Crippen molar-refractivity contribution in [3.05, 3.63) is 135 Å². The van der Waals surface area contributed by atoms with Crippen molar-refractivity contribution in [2.45, 2.75) is 82.5 Å². The number of fused-ring (bicyclic) bond motifs is 3. The van der Waals surface area contributed by atoms with Crippen LogP contribution in [-0.2, 0) is 54.5 Å². The number of H-pyrrole nitrogens is 2. The van der Waals surface area contributed by atoms with Crippen LogP contribution < -0.4 is 24.8 Å². The zero-order valence-corrected chi connectivity index (χ0v) is 35.6. The number of aliphatic carboxylic acids is 2. The highest BCUT2D eigenvalue weighted by Crippen LogP contribution is 2.33. The predicted molar refractivity (Wildman–Crippen MR) is 237 cm³/mol. The maximum Gasteiger partial charge on any atom is 0.303 e. The molecule has 334 valence electrons. The van der Waals surface area contributed by atoms with Gasteiger partial charge in [-0.15, -0.1) is 10.2 Å². The molecule has 3 aliphatic heterocycles. The SMILES string of the molecule is O=C(O)CC(Cc1cc(OCCc2ccc3c(n2)NCCC3)n[nH]1)c1ccc2c(c1)OCC2.O=C(O)CC(Cc1cc(OCCc2ccc3c(n2)NCCC3)n[nH]1)c1cccc(F)c1. The summed E-state index contributed by atoms with van der Waals surface area (Å²) < 4.78 is 30.8. The average Bonchev–Trinajstić information content (AvgIpc) is 4.07. The average molecular weight is 873 g/mol. The van der Waals surface area contributed by atoms with Gasteiger partial charge in [0, 0.05) is 67.3 Å². The van der Waals surface area contributed by atoms with Gasteiger partial charge in [0.25, 0.3) is 0 Å². The van der Waals surface area contributed by atoms with Gasteiger partial charge >= 0.3 is 11.9 Å². The maximum atomic E-state index is 13.6. The summed E-state index contributed by atoms with van der Waals surface area (Å²) in [5.41, 5.74) is 8.82. The number of aryl methyl sites for hydroxylation is 2. The summed E-state index contributed by atoms with van der Waals surface area (Å²) in [6.45, 7) is 3.50. The van der Waals surface area contributed by atoms with E-state index in [9.17, 15) is 24.2 Å². The predicted octanol–water partition coefficient (Wildman–Crippen LogP) is 7.24. The molecule has 2 atom stereocenters. The lowest BCUT2D eigenvalue weighted by atomic mass is 9.90. The number of aromatic nitrogens is 6. The zero-order chi connectivity index (χ0) is 44.3. The van der Waals surface area contributed by atoms with E-state index in [1.54, 1.807) is 18.2 Å². The Kier molecular flexibility index (Phi) is 14.3. The summed E-state index contributed by atoms with van der Waals surface area (Å²) in [6, 6.07) is 24.0. The highest BCUT2D eigenvalue weighted by molar-refractivity contribution is 5.68. The van der Waals surface area contributed by atoms with Crippen LogP contribution in [0.1, 0.15) is 88.1 Å². The van der Waals surface area contributed by atoms with Gasteiger partial charge in [0.05, 0.1) is 32.7 Å². The monoisotopic (exact) mass is 872 g/mol.